The highest BCUT2D eigenvalue weighted by molar-refractivity contribution is 6.23. The zero-order chi connectivity index (χ0) is 15.0. The minimum atomic E-state index is -0.226. The second-order valence-electron chi connectivity index (χ2n) is 6.34. The molecule has 2 N–H and O–H groups in total. The molecular formula is C17H22N2O2. The second-order valence-corrected chi connectivity index (χ2v) is 6.34. The molecule has 1 aromatic carbocycles. The third kappa shape index (κ3) is 2.43. The second kappa shape index (κ2) is 5.51. The molecule has 1 fully saturated rings. The summed E-state index contributed by atoms with van der Waals surface area (Å²) in [6.45, 7) is 1.98. The third-order valence-corrected chi connectivity index (χ3v) is 4.82. The van der Waals surface area contributed by atoms with Crippen molar-refractivity contribution in [2.45, 2.75) is 51.5 Å². The van der Waals surface area contributed by atoms with Crippen LogP contribution in [0.15, 0.2) is 18.2 Å². The largest absolute Gasteiger partial charge is 0.398 e. The van der Waals surface area contributed by atoms with Crippen LogP contribution in [0.25, 0.3) is 0 Å². The Morgan fingerprint density at radius 1 is 1.19 bits per heavy atom. The molecule has 1 aromatic rings. The molecule has 1 saturated carbocycles. The van der Waals surface area contributed by atoms with Crippen molar-refractivity contribution in [2.75, 3.05) is 5.73 Å². The maximum Gasteiger partial charge on any atom is 0.263 e. The number of carbonyl (C=O) groups is 2. The van der Waals surface area contributed by atoms with E-state index < -0.39 is 0 Å². The number of imide groups is 1. The van der Waals surface area contributed by atoms with Crippen molar-refractivity contribution in [1.29, 1.82) is 0 Å². The van der Waals surface area contributed by atoms with E-state index in [0.29, 0.717) is 22.7 Å². The monoisotopic (exact) mass is 286 g/mol. The molecule has 3 rings (SSSR count). The zero-order valence-corrected chi connectivity index (χ0v) is 12.5. The number of nitrogen functional groups attached to an aromatic ring is 1. The fraction of sp³-hybridized carbons (Fsp3) is 0.529. The summed E-state index contributed by atoms with van der Waals surface area (Å²) in [5.74, 6) is 0.220. The van der Waals surface area contributed by atoms with Crippen molar-refractivity contribution in [3.63, 3.8) is 0 Å². The maximum absolute atomic E-state index is 12.5. The number of carbonyl (C=O) groups excluding carboxylic acids is 2. The van der Waals surface area contributed by atoms with Gasteiger partial charge in [-0.15, -0.1) is 0 Å². The Labute approximate surface area is 125 Å². The van der Waals surface area contributed by atoms with Crippen molar-refractivity contribution < 1.29 is 9.59 Å². The minimum Gasteiger partial charge on any atom is -0.398 e. The van der Waals surface area contributed by atoms with Gasteiger partial charge in [-0.2, -0.15) is 0 Å². The van der Waals surface area contributed by atoms with E-state index in [-0.39, 0.29) is 17.9 Å². The summed E-state index contributed by atoms with van der Waals surface area (Å²) in [6.07, 6.45) is 7.20. The number of hydrogen-bond donors (Lipinski definition) is 1. The number of benzene rings is 1. The highest BCUT2D eigenvalue weighted by Gasteiger charge is 2.40. The van der Waals surface area contributed by atoms with E-state index in [1.807, 2.05) is 6.92 Å². The van der Waals surface area contributed by atoms with Gasteiger partial charge < -0.3 is 5.73 Å². The zero-order valence-electron chi connectivity index (χ0n) is 12.5. The average Bonchev–Trinajstić information content (AvgIpc) is 2.73. The number of nitrogens with zero attached hydrogens (tertiary/aromatic N) is 1. The summed E-state index contributed by atoms with van der Waals surface area (Å²) < 4.78 is 0. The van der Waals surface area contributed by atoms with Crippen LogP contribution in [0, 0.1) is 5.92 Å². The smallest absolute Gasteiger partial charge is 0.263 e. The van der Waals surface area contributed by atoms with Gasteiger partial charge in [0.25, 0.3) is 11.8 Å². The van der Waals surface area contributed by atoms with E-state index in [9.17, 15) is 9.59 Å². The van der Waals surface area contributed by atoms with Gasteiger partial charge in [-0.25, -0.2) is 0 Å². The predicted molar refractivity (Wildman–Crippen MR) is 82.0 cm³/mol. The van der Waals surface area contributed by atoms with Gasteiger partial charge in [0.1, 0.15) is 0 Å². The number of nitrogens with two attached hydrogens (primary N) is 1. The standard InChI is InChI=1S/C17H22N2O2/c1-11(10-12-6-3-2-4-7-12)19-16(20)13-8-5-9-14(18)15(13)17(19)21/h5,8-9,11-12H,2-4,6-7,10,18H2,1H3. The lowest BCUT2D eigenvalue weighted by molar-refractivity contribution is 0.0571. The summed E-state index contributed by atoms with van der Waals surface area (Å²) in [4.78, 5) is 26.4. The Balaban J connectivity index is 1.79. The quantitative estimate of drug-likeness (QED) is 0.685. The number of rotatable bonds is 3. The molecule has 1 unspecified atom stereocenters. The van der Waals surface area contributed by atoms with Crippen LogP contribution >= 0.6 is 0 Å². The Hall–Kier alpha value is -1.84. The van der Waals surface area contributed by atoms with Crippen molar-refractivity contribution in [3.8, 4) is 0 Å². The molecule has 1 aliphatic carbocycles. The van der Waals surface area contributed by atoms with E-state index in [1.165, 1.54) is 37.0 Å². The van der Waals surface area contributed by atoms with Crippen LogP contribution in [0.1, 0.15) is 66.2 Å². The number of anilines is 1. The Kier molecular flexibility index (Phi) is 3.70. The third-order valence-electron chi connectivity index (χ3n) is 4.82. The molecule has 0 saturated heterocycles. The van der Waals surface area contributed by atoms with Crippen LogP contribution in [-0.4, -0.2) is 22.8 Å². The first-order chi connectivity index (χ1) is 10.1. The highest BCUT2D eigenvalue weighted by atomic mass is 16.2. The molecule has 2 aliphatic rings. The Bertz CT molecular complexity index is 576. The van der Waals surface area contributed by atoms with Crippen LogP contribution in [0.3, 0.4) is 0 Å². The van der Waals surface area contributed by atoms with Gasteiger partial charge in [0.15, 0.2) is 0 Å². The molecule has 1 aliphatic heterocycles. The fourth-order valence-electron chi connectivity index (χ4n) is 3.74. The van der Waals surface area contributed by atoms with Crippen molar-refractivity contribution >= 4 is 17.5 Å². The van der Waals surface area contributed by atoms with Gasteiger partial charge in [-0.1, -0.05) is 38.2 Å². The number of amides is 2. The van der Waals surface area contributed by atoms with Gasteiger partial charge in [-0.3, -0.25) is 14.5 Å². The molecule has 1 atom stereocenters. The van der Waals surface area contributed by atoms with Crippen LogP contribution in [0.5, 0.6) is 0 Å². The van der Waals surface area contributed by atoms with Crippen molar-refractivity contribution in [1.82, 2.24) is 4.90 Å². The number of fused-ring (bicyclic) bond motifs is 1. The van der Waals surface area contributed by atoms with Gasteiger partial charge >= 0.3 is 0 Å². The van der Waals surface area contributed by atoms with Gasteiger partial charge in [0.2, 0.25) is 0 Å². The van der Waals surface area contributed by atoms with Gasteiger partial charge in [-0.05, 0) is 31.4 Å². The first-order valence-corrected chi connectivity index (χ1v) is 7.86. The van der Waals surface area contributed by atoms with E-state index in [2.05, 4.69) is 0 Å². The summed E-state index contributed by atoms with van der Waals surface area (Å²) in [5, 5.41) is 0. The molecule has 1 heterocycles. The molecule has 4 nitrogen and oxygen atoms in total. The molecular weight excluding hydrogens is 264 g/mol. The van der Waals surface area contributed by atoms with Crippen LogP contribution in [0.4, 0.5) is 5.69 Å². The summed E-state index contributed by atoms with van der Waals surface area (Å²) >= 11 is 0. The van der Waals surface area contributed by atoms with Gasteiger partial charge in [0.05, 0.1) is 11.1 Å². The van der Waals surface area contributed by atoms with Crippen LogP contribution < -0.4 is 5.73 Å². The lowest BCUT2D eigenvalue weighted by atomic mass is 9.85. The van der Waals surface area contributed by atoms with E-state index in [1.54, 1.807) is 18.2 Å². The first kappa shape index (κ1) is 14.1. The normalized spacial score (nSPS) is 20.7. The lowest BCUT2D eigenvalue weighted by Crippen LogP contribution is -2.39. The molecule has 112 valence electrons. The Morgan fingerprint density at radius 3 is 2.57 bits per heavy atom. The van der Waals surface area contributed by atoms with Crippen molar-refractivity contribution in [3.05, 3.63) is 29.3 Å². The molecule has 21 heavy (non-hydrogen) atoms. The topological polar surface area (TPSA) is 63.4 Å². The molecule has 2 amide bonds. The van der Waals surface area contributed by atoms with Gasteiger partial charge in [0, 0.05) is 11.7 Å². The fourth-order valence-corrected chi connectivity index (χ4v) is 3.74. The van der Waals surface area contributed by atoms with E-state index in [0.717, 1.165) is 6.42 Å². The molecule has 0 spiro atoms. The molecule has 0 bridgehead atoms. The summed E-state index contributed by atoms with van der Waals surface area (Å²) in [7, 11) is 0. The molecule has 4 heteroatoms. The van der Waals surface area contributed by atoms with E-state index in [4.69, 9.17) is 5.73 Å². The maximum atomic E-state index is 12.5. The number of hydrogen-bond acceptors (Lipinski definition) is 3. The minimum absolute atomic E-state index is 0.0556. The average molecular weight is 286 g/mol. The molecule has 0 radical (unpaired) electrons. The predicted octanol–water partition coefficient (Wildman–Crippen LogP) is 3.22. The van der Waals surface area contributed by atoms with Crippen molar-refractivity contribution in [2.24, 2.45) is 5.92 Å². The molecule has 0 aromatic heterocycles. The van der Waals surface area contributed by atoms with Crippen LogP contribution in [0.2, 0.25) is 0 Å². The lowest BCUT2D eigenvalue weighted by Gasteiger charge is -2.29. The van der Waals surface area contributed by atoms with E-state index >= 15 is 0 Å². The highest BCUT2D eigenvalue weighted by Crippen LogP contribution is 2.33. The first-order valence-electron chi connectivity index (χ1n) is 7.86. The SMILES string of the molecule is CC(CC1CCCCC1)N1C(=O)c2cccc(N)c2C1=O. The summed E-state index contributed by atoms with van der Waals surface area (Å²) in [6, 6.07) is 5.05. The van der Waals surface area contributed by atoms with Crippen LogP contribution in [-0.2, 0) is 0 Å². The summed E-state index contributed by atoms with van der Waals surface area (Å²) in [5.41, 5.74) is 7.11. The Morgan fingerprint density at radius 2 is 1.90 bits per heavy atom.